The van der Waals surface area contributed by atoms with Crippen LogP contribution in [0.4, 0.5) is 10.1 Å². The van der Waals surface area contributed by atoms with Crippen LogP contribution in [0.5, 0.6) is 0 Å². The lowest BCUT2D eigenvalue weighted by Crippen LogP contribution is -2.31. The Morgan fingerprint density at radius 3 is 2.53 bits per heavy atom. The van der Waals surface area contributed by atoms with E-state index in [0.717, 1.165) is 5.69 Å². The van der Waals surface area contributed by atoms with Crippen LogP contribution in [0.3, 0.4) is 0 Å². The topological polar surface area (TPSA) is 20.3 Å². The minimum absolute atomic E-state index is 0.0695. The number of anilines is 1. The van der Waals surface area contributed by atoms with Gasteiger partial charge in [0.05, 0.1) is 5.56 Å². The molecule has 0 aliphatic rings. The van der Waals surface area contributed by atoms with E-state index in [0.29, 0.717) is 11.0 Å². The molecule has 0 N–H and O–H groups in total. The molecule has 1 amide bonds. The average molecular weight is 322 g/mol. The van der Waals surface area contributed by atoms with Gasteiger partial charge in [0.15, 0.2) is 0 Å². The Kier molecular flexibility index (Phi) is 4.32. The molecule has 0 aliphatic carbocycles. The molecule has 0 radical (unpaired) electrons. The third-order valence-electron chi connectivity index (χ3n) is 2.79. The van der Waals surface area contributed by atoms with Gasteiger partial charge < -0.3 is 4.90 Å². The molecule has 0 aliphatic heterocycles. The molecule has 0 unspecified atom stereocenters. The second kappa shape index (κ2) is 5.97. The van der Waals surface area contributed by atoms with E-state index in [-0.39, 0.29) is 11.5 Å². The number of hydrogen-bond donors (Lipinski definition) is 0. The number of halogens is 2. The summed E-state index contributed by atoms with van der Waals surface area (Å²) >= 11 is 3.25. The molecular weight excluding hydrogens is 309 g/mol. The second-order valence-electron chi connectivity index (χ2n) is 4.01. The van der Waals surface area contributed by atoms with E-state index in [4.69, 9.17) is 0 Å². The number of nitrogens with zero attached hydrogens (tertiary/aromatic N) is 1. The van der Waals surface area contributed by atoms with Crippen molar-refractivity contribution < 1.29 is 9.18 Å². The van der Waals surface area contributed by atoms with Crippen LogP contribution in [0.15, 0.2) is 53.0 Å². The van der Waals surface area contributed by atoms with Crippen LogP contribution in [0.2, 0.25) is 0 Å². The van der Waals surface area contributed by atoms with Crippen molar-refractivity contribution in [3.05, 3.63) is 64.4 Å². The maximum Gasteiger partial charge on any atom is 0.261 e. The summed E-state index contributed by atoms with van der Waals surface area (Å²) in [6.07, 6.45) is 0. The van der Waals surface area contributed by atoms with Gasteiger partial charge in [0.2, 0.25) is 0 Å². The van der Waals surface area contributed by atoms with Gasteiger partial charge in [-0.15, -0.1) is 0 Å². The van der Waals surface area contributed by atoms with E-state index in [9.17, 15) is 9.18 Å². The van der Waals surface area contributed by atoms with Crippen LogP contribution in [-0.4, -0.2) is 12.5 Å². The normalized spacial score (nSPS) is 10.3. The molecule has 0 aromatic heterocycles. The monoisotopic (exact) mass is 321 g/mol. The molecule has 0 saturated heterocycles. The van der Waals surface area contributed by atoms with Crippen molar-refractivity contribution in [1.82, 2.24) is 0 Å². The molecule has 0 atom stereocenters. The lowest BCUT2D eigenvalue weighted by molar-refractivity contribution is 0.0984. The highest BCUT2D eigenvalue weighted by atomic mass is 79.9. The van der Waals surface area contributed by atoms with Crippen LogP contribution in [0.25, 0.3) is 0 Å². The van der Waals surface area contributed by atoms with Gasteiger partial charge in [-0.05, 0) is 37.3 Å². The fourth-order valence-electron chi connectivity index (χ4n) is 1.86. The Balaban J connectivity index is 2.39. The minimum atomic E-state index is -0.511. The number of hydrogen-bond acceptors (Lipinski definition) is 1. The molecular formula is C15H13BrFNO. The number of carbonyl (C=O) groups excluding carboxylic acids is 1. The fraction of sp³-hybridized carbons (Fsp3) is 0.133. The van der Waals surface area contributed by atoms with E-state index < -0.39 is 5.82 Å². The summed E-state index contributed by atoms with van der Waals surface area (Å²) in [4.78, 5) is 14.0. The Morgan fingerprint density at radius 2 is 1.89 bits per heavy atom. The zero-order valence-corrected chi connectivity index (χ0v) is 12.0. The van der Waals surface area contributed by atoms with E-state index in [2.05, 4.69) is 15.9 Å². The maximum absolute atomic E-state index is 13.8. The van der Waals surface area contributed by atoms with Gasteiger partial charge in [0.1, 0.15) is 5.82 Å². The van der Waals surface area contributed by atoms with Crippen LogP contribution >= 0.6 is 15.9 Å². The number of para-hydroxylation sites is 1. The van der Waals surface area contributed by atoms with Crippen molar-refractivity contribution in [2.75, 3.05) is 11.4 Å². The van der Waals surface area contributed by atoms with Crippen LogP contribution in [0, 0.1) is 5.82 Å². The SMILES string of the molecule is CCN(C(=O)c1cc(Br)ccc1F)c1ccccc1. The van der Waals surface area contributed by atoms with E-state index in [1.807, 2.05) is 37.3 Å². The fourth-order valence-corrected chi connectivity index (χ4v) is 2.22. The van der Waals surface area contributed by atoms with E-state index in [1.165, 1.54) is 12.1 Å². The molecule has 19 heavy (non-hydrogen) atoms. The Labute approximate surface area is 120 Å². The zero-order chi connectivity index (χ0) is 13.8. The van der Waals surface area contributed by atoms with Gasteiger partial charge >= 0.3 is 0 Å². The van der Waals surface area contributed by atoms with Gasteiger partial charge in [-0.3, -0.25) is 4.79 Å². The molecule has 0 bridgehead atoms. The van der Waals surface area contributed by atoms with Crippen molar-refractivity contribution in [2.45, 2.75) is 6.92 Å². The van der Waals surface area contributed by atoms with Crippen LogP contribution in [-0.2, 0) is 0 Å². The molecule has 2 rings (SSSR count). The summed E-state index contributed by atoms with van der Waals surface area (Å²) in [5, 5.41) is 0. The second-order valence-corrected chi connectivity index (χ2v) is 4.92. The summed E-state index contributed by atoms with van der Waals surface area (Å²) in [7, 11) is 0. The van der Waals surface area contributed by atoms with Gasteiger partial charge in [0, 0.05) is 16.7 Å². The van der Waals surface area contributed by atoms with Crippen molar-refractivity contribution >= 4 is 27.5 Å². The zero-order valence-electron chi connectivity index (χ0n) is 10.4. The molecule has 98 valence electrons. The highest BCUT2D eigenvalue weighted by molar-refractivity contribution is 9.10. The first-order chi connectivity index (χ1) is 9.13. The van der Waals surface area contributed by atoms with E-state index >= 15 is 0 Å². The van der Waals surface area contributed by atoms with Gasteiger partial charge in [-0.1, -0.05) is 34.1 Å². The lowest BCUT2D eigenvalue weighted by Gasteiger charge is -2.21. The van der Waals surface area contributed by atoms with Crippen molar-refractivity contribution in [1.29, 1.82) is 0 Å². The lowest BCUT2D eigenvalue weighted by atomic mass is 10.1. The first-order valence-corrected chi connectivity index (χ1v) is 6.74. The Morgan fingerprint density at radius 1 is 1.21 bits per heavy atom. The average Bonchev–Trinajstić information content (AvgIpc) is 2.43. The highest BCUT2D eigenvalue weighted by Crippen LogP contribution is 2.21. The molecule has 0 saturated carbocycles. The number of rotatable bonds is 3. The van der Waals surface area contributed by atoms with Crippen LogP contribution < -0.4 is 4.90 Å². The number of carbonyl (C=O) groups is 1. The summed E-state index contributed by atoms with van der Waals surface area (Å²) < 4.78 is 14.4. The third kappa shape index (κ3) is 3.01. The molecule has 2 aromatic rings. The summed E-state index contributed by atoms with van der Waals surface area (Å²) in [6, 6.07) is 13.6. The Hall–Kier alpha value is -1.68. The first kappa shape index (κ1) is 13.7. The maximum atomic E-state index is 13.8. The van der Waals surface area contributed by atoms with Gasteiger partial charge in [0.25, 0.3) is 5.91 Å². The van der Waals surface area contributed by atoms with Gasteiger partial charge in [-0.25, -0.2) is 4.39 Å². The predicted octanol–water partition coefficient (Wildman–Crippen LogP) is 4.25. The van der Waals surface area contributed by atoms with Crippen molar-refractivity contribution in [2.24, 2.45) is 0 Å². The summed E-state index contributed by atoms with van der Waals surface area (Å²) in [5.41, 5.74) is 0.828. The Bertz CT molecular complexity index is 586. The quantitative estimate of drug-likeness (QED) is 0.827. The largest absolute Gasteiger partial charge is 0.309 e. The first-order valence-electron chi connectivity index (χ1n) is 5.95. The number of benzene rings is 2. The molecule has 4 heteroatoms. The van der Waals surface area contributed by atoms with Gasteiger partial charge in [-0.2, -0.15) is 0 Å². The summed E-state index contributed by atoms with van der Waals surface area (Å²) in [5.74, 6) is -0.852. The van der Waals surface area contributed by atoms with Crippen molar-refractivity contribution in [3.8, 4) is 0 Å². The molecule has 0 fully saturated rings. The van der Waals surface area contributed by atoms with E-state index in [1.54, 1.807) is 11.0 Å². The molecule has 2 aromatic carbocycles. The molecule has 2 nitrogen and oxygen atoms in total. The predicted molar refractivity (Wildman–Crippen MR) is 77.9 cm³/mol. The summed E-state index contributed by atoms with van der Waals surface area (Å²) in [6.45, 7) is 2.34. The standard InChI is InChI=1S/C15H13BrFNO/c1-2-18(12-6-4-3-5-7-12)15(19)13-10-11(16)8-9-14(13)17/h3-10H,2H2,1H3. The highest BCUT2D eigenvalue weighted by Gasteiger charge is 2.19. The third-order valence-corrected chi connectivity index (χ3v) is 3.28. The number of amides is 1. The van der Waals surface area contributed by atoms with Crippen molar-refractivity contribution in [3.63, 3.8) is 0 Å². The molecule has 0 spiro atoms. The smallest absolute Gasteiger partial charge is 0.261 e. The molecule has 0 heterocycles. The van der Waals surface area contributed by atoms with Crippen LogP contribution in [0.1, 0.15) is 17.3 Å². The minimum Gasteiger partial charge on any atom is -0.309 e.